The normalized spacial score (nSPS) is 14.1. The standard InChI is InChI=1S/C29H21F4N3O4.C2H6/c30-20-6-5-15(40-28-23(31)18-8-10-34-26(18)24(32)25(28)33)12-19(20)29-35-13-21(36-29)16-9-11-39-27-14(4-7-22(37)38)2-1-3-17(16)27;1-2/h1-3,5-6,8,10,12-13,16,34H,4,7,9,11H2,(H,35,36)(H,37,38);1-2H3. The van der Waals surface area contributed by atoms with Crippen LogP contribution in [0.25, 0.3) is 22.3 Å². The molecule has 42 heavy (non-hydrogen) atoms. The Morgan fingerprint density at radius 3 is 2.69 bits per heavy atom. The molecule has 1 unspecified atom stereocenters. The summed E-state index contributed by atoms with van der Waals surface area (Å²) in [6, 6.07) is 10.3. The lowest BCUT2D eigenvalue weighted by Crippen LogP contribution is -2.17. The Labute approximate surface area is 238 Å². The van der Waals surface area contributed by atoms with Crippen LogP contribution in [0.15, 0.2) is 54.9 Å². The number of para-hydroxylation sites is 1. The van der Waals surface area contributed by atoms with E-state index in [1.54, 1.807) is 6.20 Å². The number of hydrogen-bond donors (Lipinski definition) is 3. The maximum Gasteiger partial charge on any atom is 0.303 e. The lowest BCUT2D eigenvalue weighted by atomic mass is 9.88. The number of fused-ring (bicyclic) bond motifs is 2. The average Bonchev–Trinajstić information content (AvgIpc) is 3.70. The third-order valence-electron chi connectivity index (χ3n) is 6.94. The second kappa shape index (κ2) is 12.0. The highest BCUT2D eigenvalue weighted by Gasteiger charge is 2.28. The van der Waals surface area contributed by atoms with Crippen LogP contribution in [-0.2, 0) is 11.2 Å². The fraction of sp³-hybridized carbons (Fsp3) is 0.226. The molecule has 0 saturated heterocycles. The second-order valence-electron chi connectivity index (χ2n) is 9.39. The summed E-state index contributed by atoms with van der Waals surface area (Å²) < 4.78 is 70.0. The quantitative estimate of drug-likeness (QED) is 0.134. The molecule has 0 aliphatic carbocycles. The minimum atomic E-state index is -1.51. The van der Waals surface area contributed by atoms with Gasteiger partial charge in [0.2, 0.25) is 11.6 Å². The molecule has 0 amide bonds. The molecule has 3 N–H and O–H groups in total. The molecule has 0 saturated carbocycles. The molecule has 0 fully saturated rings. The molecule has 3 aromatic carbocycles. The summed E-state index contributed by atoms with van der Waals surface area (Å²) in [6.07, 6.45) is 3.74. The van der Waals surface area contributed by atoms with Gasteiger partial charge in [0.05, 0.1) is 17.7 Å². The monoisotopic (exact) mass is 581 g/mol. The minimum Gasteiger partial charge on any atom is -0.493 e. The number of nitrogens with one attached hydrogen (secondary N) is 2. The zero-order valence-electron chi connectivity index (χ0n) is 22.7. The number of halogens is 4. The van der Waals surface area contributed by atoms with Gasteiger partial charge in [0.25, 0.3) is 0 Å². The van der Waals surface area contributed by atoms with Crippen LogP contribution in [0.4, 0.5) is 17.6 Å². The fourth-order valence-electron chi connectivity index (χ4n) is 5.02. The number of carbonyl (C=O) groups is 1. The van der Waals surface area contributed by atoms with Gasteiger partial charge in [-0.25, -0.2) is 18.2 Å². The largest absolute Gasteiger partial charge is 0.493 e. The van der Waals surface area contributed by atoms with E-state index in [-0.39, 0.29) is 40.4 Å². The Morgan fingerprint density at radius 2 is 1.90 bits per heavy atom. The Morgan fingerprint density at radius 1 is 1.10 bits per heavy atom. The average molecular weight is 582 g/mol. The Kier molecular flexibility index (Phi) is 8.19. The summed E-state index contributed by atoms with van der Waals surface area (Å²) >= 11 is 0. The summed E-state index contributed by atoms with van der Waals surface area (Å²) in [5.41, 5.74) is 1.98. The van der Waals surface area contributed by atoms with Gasteiger partial charge < -0.3 is 24.5 Å². The van der Waals surface area contributed by atoms with Gasteiger partial charge in [-0.3, -0.25) is 4.79 Å². The van der Waals surface area contributed by atoms with E-state index in [4.69, 9.17) is 14.6 Å². The van der Waals surface area contributed by atoms with Gasteiger partial charge in [0, 0.05) is 41.4 Å². The molecular formula is C31H27F4N3O4. The summed E-state index contributed by atoms with van der Waals surface area (Å²) in [5.74, 6) is -5.92. The third kappa shape index (κ3) is 5.29. The van der Waals surface area contributed by atoms with Gasteiger partial charge >= 0.3 is 5.97 Å². The number of aromatic amines is 2. The van der Waals surface area contributed by atoms with Crippen LogP contribution in [0.3, 0.4) is 0 Å². The summed E-state index contributed by atoms with van der Waals surface area (Å²) in [5, 5.41) is 8.88. The number of carboxylic acid groups (broad SMARTS) is 1. The van der Waals surface area contributed by atoms with E-state index in [9.17, 15) is 22.4 Å². The lowest BCUT2D eigenvalue weighted by Gasteiger charge is -2.27. The summed E-state index contributed by atoms with van der Waals surface area (Å²) in [7, 11) is 0. The predicted octanol–water partition coefficient (Wildman–Crippen LogP) is 7.86. The molecule has 0 radical (unpaired) electrons. The Hall–Kier alpha value is -4.80. The van der Waals surface area contributed by atoms with Gasteiger partial charge in [-0.15, -0.1) is 0 Å². The zero-order chi connectivity index (χ0) is 30.0. The van der Waals surface area contributed by atoms with Gasteiger partial charge in [-0.1, -0.05) is 32.0 Å². The number of nitrogens with zero attached hydrogens (tertiary/aromatic N) is 1. The van der Waals surface area contributed by atoms with Gasteiger partial charge in [0.15, 0.2) is 11.6 Å². The lowest BCUT2D eigenvalue weighted by molar-refractivity contribution is -0.136. The van der Waals surface area contributed by atoms with Crippen molar-refractivity contribution < 1.29 is 36.9 Å². The molecule has 218 valence electrons. The highest BCUT2D eigenvalue weighted by molar-refractivity contribution is 5.82. The molecule has 5 aromatic rings. The molecular weight excluding hydrogens is 554 g/mol. The van der Waals surface area contributed by atoms with E-state index in [2.05, 4.69) is 15.0 Å². The molecule has 0 bridgehead atoms. The van der Waals surface area contributed by atoms with Crippen LogP contribution in [0.5, 0.6) is 17.2 Å². The number of H-pyrrole nitrogens is 2. The van der Waals surface area contributed by atoms with Crippen molar-refractivity contribution in [2.75, 3.05) is 6.61 Å². The number of hydrogen-bond acceptors (Lipinski definition) is 4. The molecule has 1 atom stereocenters. The smallest absolute Gasteiger partial charge is 0.303 e. The first-order valence-electron chi connectivity index (χ1n) is 13.4. The number of aliphatic carboxylic acids is 1. The number of benzene rings is 3. The van der Waals surface area contributed by atoms with Crippen LogP contribution in [-0.4, -0.2) is 32.6 Å². The van der Waals surface area contributed by atoms with Crippen molar-refractivity contribution in [3.8, 4) is 28.6 Å². The predicted molar refractivity (Wildman–Crippen MR) is 148 cm³/mol. The van der Waals surface area contributed by atoms with Crippen molar-refractivity contribution in [3.63, 3.8) is 0 Å². The minimum absolute atomic E-state index is 0.0183. The van der Waals surface area contributed by atoms with Crippen molar-refractivity contribution in [1.29, 1.82) is 0 Å². The van der Waals surface area contributed by atoms with Crippen LogP contribution >= 0.6 is 0 Å². The number of aryl methyl sites for hydroxylation is 1. The number of aromatic nitrogens is 3. The number of carboxylic acids is 1. The van der Waals surface area contributed by atoms with Crippen molar-refractivity contribution >= 4 is 16.9 Å². The summed E-state index contributed by atoms with van der Waals surface area (Å²) in [6.45, 7) is 4.40. The molecule has 1 aliphatic rings. The molecule has 7 nitrogen and oxygen atoms in total. The first-order chi connectivity index (χ1) is 20.3. The zero-order valence-corrected chi connectivity index (χ0v) is 22.7. The maximum absolute atomic E-state index is 14.9. The highest BCUT2D eigenvalue weighted by atomic mass is 19.2. The Balaban J connectivity index is 0.00000173. The fourth-order valence-corrected chi connectivity index (χ4v) is 5.02. The van der Waals surface area contributed by atoms with Crippen molar-refractivity contribution in [1.82, 2.24) is 15.0 Å². The third-order valence-corrected chi connectivity index (χ3v) is 6.94. The molecule has 6 rings (SSSR count). The van der Waals surface area contributed by atoms with E-state index >= 15 is 0 Å². The van der Waals surface area contributed by atoms with E-state index < -0.39 is 35.0 Å². The molecule has 11 heteroatoms. The SMILES string of the molecule is CC.O=C(O)CCc1cccc2c1OCCC2c1cnc(-c2cc(Oc3c(F)c(F)c4[nH]ccc4c3F)ccc2F)[nH]1. The van der Waals surface area contributed by atoms with Crippen molar-refractivity contribution in [3.05, 3.63) is 94.9 Å². The molecule has 3 heterocycles. The number of ether oxygens (including phenoxy) is 2. The van der Waals surface area contributed by atoms with E-state index in [0.717, 1.165) is 17.2 Å². The Bertz CT molecular complexity index is 1760. The van der Waals surface area contributed by atoms with Crippen LogP contribution < -0.4 is 9.47 Å². The molecule has 1 aliphatic heterocycles. The highest BCUT2D eigenvalue weighted by Crippen LogP contribution is 2.41. The van der Waals surface area contributed by atoms with E-state index in [1.165, 1.54) is 24.4 Å². The summed E-state index contributed by atoms with van der Waals surface area (Å²) in [4.78, 5) is 21.0. The topological polar surface area (TPSA) is 100 Å². The number of rotatable bonds is 7. The van der Waals surface area contributed by atoms with Gasteiger partial charge in [-0.05, 0) is 42.7 Å². The van der Waals surface area contributed by atoms with E-state index in [0.29, 0.717) is 30.9 Å². The van der Waals surface area contributed by atoms with Crippen LogP contribution in [0.2, 0.25) is 0 Å². The van der Waals surface area contributed by atoms with E-state index in [1.807, 2.05) is 32.0 Å². The van der Waals surface area contributed by atoms with Crippen LogP contribution in [0, 0.1) is 23.3 Å². The van der Waals surface area contributed by atoms with Crippen molar-refractivity contribution in [2.45, 2.75) is 39.0 Å². The second-order valence-corrected chi connectivity index (χ2v) is 9.39. The van der Waals surface area contributed by atoms with Gasteiger partial charge in [0.1, 0.15) is 23.1 Å². The molecule has 0 spiro atoms. The number of imidazole rings is 1. The first kappa shape index (κ1) is 28.7. The molecule has 2 aromatic heterocycles. The van der Waals surface area contributed by atoms with Crippen molar-refractivity contribution in [2.24, 2.45) is 0 Å². The van der Waals surface area contributed by atoms with Crippen LogP contribution in [0.1, 0.15) is 49.4 Å². The first-order valence-corrected chi connectivity index (χ1v) is 13.4. The van der Waals surface area contributed by atoms with Gasteiger partial charge in [-0.2, -0.15) is 4.39 Å². The maximum atomic E-state index is 14.9.